The van der Waals surface area contributed by atoms with Gasteiger partial charge in [0.2, 0.25) is 15.9 Å². The van der Waals surface area contributed by atoms with Crippen molar-refractivity contribution in [1.82, 2.24) is 14.9 Å². The SMILES string of the molecule is CC(NC(=O)c1cccc(S(=O)(=O)N2CCCCC2C)c1)C(=O)NCc1ccccc1. The van der Waals surface area contributed by atoms with Gasteiger partial charge in [-0.2, -0.15) is 4.31 Å². The predicted octanol–water partition coefficient (Wildman–Crippen LogP) is 2.68. The second-order valence-corrected chi connectivity index (χ2v) is 9.78. The van der Waals surface area contributed by atoms with Crippen LogP contribution in [0.2, 0.25) is 0 Å². The Morgan fingerprint density at radius 2 is 1.84 bits per heavy atom. The van der Waals surface area contributed by atoms with Gasteiger partial charge in [-0.3, -0.25) is 9.59 Å². The minimum atomic E-state index is -3.68. The van der Waals surface area contributed by atoms with E-state index in [2.05, 4.69) is 10.6 Å². The van der Waals surface area contributed by atoms with Gasteiger partial charge in [0, 0.05) is 24.7 Å². The molecule has 7 nitrogen and oxygen atoms in total. The van der Waals surface area contributed by atoms with Crippen LogP contribution in [0.25, 0.3) is 0 Å². The summed E-state index contributed by atoms with van der Waals surface area (Å²) >= 11 is 0. The monoisotopic (exact) mass is 443 g/mol. The maximum atomic E-state index is 13.1. The van der Waals surface area contributed by atoms with Gasteiger partial charge in [0.1, 0.15) is 6.04 Å². The van der Waals surface area contributed by atoms with Gasteiger partial charge in [-0.25, -0.2) is 8.42 Å². The fraction of sp³-hybridized carbons (Fsp3) is 0.391. The van der Waals surface area contributed by atoms with Gasteiger partial charge in [-0.1, -0.05) is 42.8 Å². The van der Waals surface area contributed by atoms with Crippen LogP contribution in [0.15, 0.2) is 59.5 Å². The number of piperidine rings is 1. The quantitative estimate of drug-likeness (QED) is 0.688. The van der Waals surface area contributed by atoms with Crippen molar-refractivity contribution in [2.75, 3.05) is 6.54 Å². The van der Waals surface area contributed by atoms with Crippen molar-refractivity contribution in [2.24, 2.45) is 0 Å². The van der Waals surface area contributed by atoms with Crippen molar-refractivity contribution in [3.63, 3.8) is 0 Å². The molecule has 0 bridgehead atoms. The molecule has 1 aliphatic heterocycles. The van der Waals surface area contributed by atoms with Crippen molar-refractivity contribution in [2.45, 2.75) is 56.6 Å². The average Bonchev–Trinajstić information content (AvgIpc) is 2.78. The standard InChI is InChI=1S/C23H29N3O4S/c1-17-9-6-7-14-26(17)31(29,30)21-13-8-12-20(15-21)23(28)25-18(2)22(27)24-16-19-10-4-3-5-11-19/h3-5,8,10-13,15,17-18H,6-7,9,14,16H2,1-2H3,(H,24,27)(H,25,28). The van der Waals surface area contributed by atoms with Crippen molar-refractivity contribution in [1.29, 1.82) is 0 Å². The normalized spacial score (nSPS) is 18.2. The van der Waals surface area contributed by atoms with Crippen LogP contribution in [-0.4, -0.2) is 43.2 Å². The number of carbonyl (C=O) groups excluding carboxylic acids is 2. The Bertz CT molecular complexity index is 1020. The van der Waals surface area contributed by atoms with E-state index >= 15 is 0 Å². The number of carbonyl (C=O) groups is 2. The summed E-state index contributed by atoms with van der Waals surface area (Å²) in [5.41, 5.74) is 1.16. The summed E-state index contributed by atoms with van der Waals surface area (Å²) in [6.07, 6.45) is 2.67. The van der Waals surface area contributed by atoms with Crippen LogP contribution < -0.4 is 10.6 Å². The van der Waals surface area contributed by atoms with Gasteiger partial charge in [-0.15, -0.1) is 0 Å². The zero-order valence-electron chi connectivity index (χ0n) is 17.9. The van der Waals surface area contributed by atoms with Gasteiger partial charge in [0.25, 0.3) is 5.91 Å². The Morgan fingerprint density at radius 3 is 2.55 bits per heavy atom. The third kappa shape index (κ3) is 5.71. The Kier molecular flexibility index (Phi) is 7.46. The van der Waals surface area contributed by atoms with Crippen molar-refractivity contribution >= 4 is 21.8 Å². The lowest BCUT2D eigenvalue weighted by atomic mass is 10.1. The lowest BCUT2D eigenvalue weighted by Gasteiger charge is -2.32. The number of benzene rings is 2. The van der Waals surface area contributed by atoms with Crippen molar-refractivity contribution < 1.29 is 18.0 Å². The number of nitrogens with one attached hydrogen (secondary N) is 2. The van der Waals surface area contributed by atoms with E-state index in [0.717, 1.165) is 24.8 Å². The predicted molar refractivity (Wildman–Crippen MR) is 119 cm³/mol. The van der Waals surface area contributed by atoms with Gasteiger partial charge < -0.3 is 10.6 Å². The first-order valence-corrected chi connectivity index (χ1v) is 12.0. The molecular weight excluding hydrogens is 414 g/mol. The largest absolute Gasteiger partial charge is 0.350 e. The minimum absolute atomic E-state index is 0.0652. The van der Waals surface area contributed by atoms with Crippen molar-refractivity contribution in [3.8, 4) is 0 Å². The van der Waals surface area contributed by atoms with Gasteiger partial charge in [0.15, 0.2) is 0 Å². The smallest absolute Gasteiger partial charge is 0.251 e. The molecule has 1 fully saturated rings. The Labute approximate surface area is 183 Å². The van der Waals surface area contributed by atoms with E-state index in [0.29, 0.717) is 13.1 Å². The molecule has 0 spiro atoms. The summed E-state index contributed by atoms with van der Waals surface area (Å²) < 4.78 is 27.6. The Balaban J connectivity index is 1.64. The van der Waals surface area contributed by atoms with Crippen LogP contribution in [0.1, 0.15) is 49.0 Å². The van der Waals surface area contributed by atoms with E-state index < -0.39 is 22.0 Å². The van der Waals surface area contributed by atoms with Crippen LogP contribution in [0, 0.1) is 0 Å². The molecule has 2 aromatic rings. The summed E-state index contributed by atoms with van der Waals surface area (Å²) in [6, 6.07) is 14.6. The molecule has 1 aliphatic rings. The van der Waals surface area contributed by atoms with Gasteiger partial charge >= 0.3 is 0 Å². The highest BCUT2D eigenvalue weighted by Crippen LogP contribution is 2.25. The molecule has 8 heteroatoms. The molecule has 3 rings (SSSR count). The first kappa shape index (κ1) is 23.0. The molecule has 31 heavy (non-hydrogen) atoms. The second kappa shape index (κ2) is 10.1. The molecule has 2 unspecified atom stereocenters. The highest BCUT2D eigenvalue weighted by Gasteiger charge is 2.31. The number of sulfonamides is 1. The van der Waals surface area contributed by atoms with Crippen LogP contribution in [0.5, 0.6) is 0 Å². The fourth-order valence-electron chi connectivity index (χ4n) is 3.65. The third-order valence-corrected chi connectivity index (χ3v) is 7.50. The summed E-state index contributed by atoms with van der Waals surface area (Å²) in [7, 11) is -3.68. The molecule has 2 aromatic carbocycles. The van der Waals surface area contributed by atoms with Gasteiger partial charge in [-0.05, 0) is 50.5 Å². The number of rotatable bonds is 7. The molecule has 0 radical (unpaired) electrons. The van der Waals surface area contributed by atoms with E-state index in [1.165, 1.54) is 16.4 Å². The molecule has 166 valence electrons. The van der Waals surface area contributed by atoms with Crippen LogP contribution >= 0.6 is 0 Å². The Hall–Kier alpha value is -2.71. The summed E-state index contributed by atoms with van der Waals surface area (Å²) in [4.78, 5) is 25.1. The van der Waals surface area contributed by atoms with E-state index in [-0.39, 0.29) is 22.4 Å². The highest BCUT2D eigenvalue weighted by atomic mass is 32.2. The first-order valence-electron chi connectivity index (χ1n) is 10.5. The first-order chi connectivity index (χ1) is 14.8. The lowest BCUT2D eigenvalue weighted by Crippen LogP contribution is -2.44. The van der Waals surface area contributed by atoms with Gasteiger partial charge in [0.05, 0.1) is 4.90 Å². The van der Waals surface area contributed by atoms with Crippen LogP contribution in [-0.2, 0) is 21.4 Å². The molecule has 2 atom stereocenters. The number of amides is 2. The zero-order chi connectivity index (χ0) is 22.4. The molecule has 2 amide bonds. The molecule has 0 aliphatic carbocycles. The topological polar surface area (TPSA) is 95.6 Å². The lowest BCUT2D eigenvalue weighted by molar-refractivity contribution is -0.122. The summed E-state index contributed by atoms with van der Waals surface area (Å²) in [5, 5.41) is 5.42. The van der Waals surface area contributed by atoms with E-state index in [4.69, 9.17) is 0 Å². The van der Waals surface area contributed by atoms with E-state index in [1.54, 1.807) is 19.1 Å². The molecule has 1 heterocycles. The molecule has 0 aromatic heterocycles. The zero-order valence-corrected chi connectivity index (χ0v) is 18.7. The second-order valence-electron chi connectivity index (χ2n) is 7.89. The highest BCUT2D eigenvalue weighted by molar-refractivity contribution is 7.89. The van der Waals surface area contributed by atoms with Crippen LogP contribution in [0.4, 0.5) is 0 Å². The average molecular weight is 444 g/mol. The number of nitrogens with zero attached hydrogens (tertiary/aromatic N) is 1. The maximum Gasteiger partial charge on any atom is 0.251 e. The summed E-state index contributed by atoms with van der Waals surface area (Å²) in [6.45, 7) is 4.34. The maximum absolute atomic E-state index is 13.1. The molecule has 2 N–H and O–H groups in total. The molecule has 0 saturated carbocycles. The number of hydrogen-bond donors (Lipinski definition) is 2. The van der Waals surface area contributed by atoms with Crippen molar-refractivity contribution in [3.05, 3.63) is 65.7 Å². The number of hydrogen-bond acceptors (Lipinski definition) is 4. The molecule has 1 saturated heterocycles. The van der Waals surface area contributed by atoms with Crippen LogP contribution in [0.3, 0.4) is 0 Å². The molecular formula is C23H29N3O4S. The van der Waals surface area contributed by atoms with E-state index in [9.17, 15) is 18.0 Å². The van der Waals surface area contributed by atoms with E-state index in [1.807, 2.05) is 37.3 Å². The Morgan fingerprint density at radius 1 is 1.10 bits per heavy atom. The third-order valence-electron chi connectivity index (χ3n) is 5.50. The minimum Gasteiger partial charge on any atom is -0.350 e. The summed E-state index contributed by atoms with van der Waals surface area (Å²) in [5.74, 6) is -0.811. The fourth-order valence-corrected chi connectivity index (χ4v) is 5.39.